The van der Waals surface area contributed by atoms with Crippen LogP contribution in [0.2, 0.25) is 0 Å². The molecule has 6 heteroatoms. The van der Waals surface area contributed by atoms with Gasteiger partial charge in [-0.3, -0.25) is 9.36 Å². The lowest BCUT2D eigenvalue weighted by Gasteiger charge is -2.31. The van der Waals surface area contributed by atoms with Crippen LogP contribution in [0.3, 0.4) is 0 Å². The minimum Gasteiger partial charge on any atom is -0.496 e. The normalized spacial score (nSPS) is 15.9. The molecule has 0 radical (unpaired) electrons. The fourth-order valence-electron chi connectivity index (χ4n) is 5.99. The number of terminal acetylenes is 1. The second-order valence-electron chi connectivity index (χ2n) is 10.0. The van der Waals surface area contributed by atoms with Crippen molar-refractivity contribution >= 4 is 33.9 Å². The monoisotopic (exact) mass is 554 g/mol. The Morgan fingerprint density at radius 3 is 2.68 bits per heavy atom. The molecule has 1 aliphatic heterocycles. The summed E-state index contributed by atoms with van der Waals surface area (Å²) in [4.78, 5) is 20.1. The average molecular weight is 555 g/mol. The molecular weight excluding hydrogens is 528 g/mol. The molecule has 2 aliphatic rings. The molecule has 41 heavy (non-hydrogen) atoms. The van der Waals surface area contributed by atoms with Crippen molar-refractivity contribution < 1.29 is 9.47 Å². The molecular formula is C35H26N2O3S. The first-order chi connectivity index (χ1) is 20.2. The van der Waals surface area contributed by atoms with Gasteiger partial charge < -0.3 is 9.47 Å². The fraction of sp³-hybridized carbons (Fsp3) is 0.143. The summed E-state index contributed by atoms with van der Waals surface area (Å²) in [7, 11) is 1.67. The molecule has 1 atom stereocenters. The third-order valence-corrected chi connectivity index (χ3v) is 8.81. The zero-order chi connectivity index (χ0) is 27.9. The smallest absolute Gasteiger partial charge is 0.271 e. The van der Waals surface area contributed by atoms with Crippen LogP contribution in [0.4, 0.5) is 0 Å². The van der Waals surface area contributed by atoms with Crippen molar-refractivity contribution in [1.82, 2.24) is 4.57 Å². The summed E-state index contributed by atoms with van der Waals surface area (Å²) in [6, 6.07) is 28.0. The lowest BCUT2D eigenvalue weighted by Crippen LogP contribution is -2.39. The highest BCUT2D eigenvalue weighted by atomic mass is 32.1. The van der Waals surface area contributed by atoms with Crippen molar-refractivity contribution in [1.29, 1.82) is 0 Å². The third-order valence-electron chi connectivity index (χ3n) is 7.82. The molecule has 0 N–H and O–H groups in total. The number of allylic oxidation sites excluding steroid dienone is 1. The van der Waals surface area contributed by atoms with Crippen LogP contribution in [0.5, 0.6) is 11.5 Å². The van der Waals surface area contributed by atoms with Crippen LogP contribution in [0.1, 0.15) is 34.7 Å². The first-order valence-electron chi connectivity index (χ1n) is 13.5. The molecule has 0 saturated heterocycles. The Hall–Kier alpha value is -4.86. The number of aryl methyl sites for hydroxylation is 1. The molecule has 7 rings (SSSR count). The average Bonchev–Trinajstić information content (AvgIpc) is 3.33. The van der Waals surface area contributed by atoms with Crippen molar-refractivity contribution in [3.63, 3.8) is 0 Å². The molecule has 0 bridgehead atoms. The number of hydrogen-bond donors (Lipinski definition) is 0. The highest BCUT2D eigenvalue weighted by Gasteiger charge is 2.34. The zero-order valence-electron chi connectivity index (χ0n) is 22.5. The van der Waals surface area contributed by atoms with Gasteiger partial charge in [0.15, 0.2) is 4.80 Å². The van der Waals surface area contributed by atoms with Crippen molar-refractivity contribution in [3.8, 4) is 23.8 Å². The van der Waals surface area contributed by atoms with Crippen LogP contribution in [0.15, 0.2) is 100 Å². The Labute approximate surface area is 241 Å². The number of ether oxygens (including phenoxy) is 2. The van der Waals surface area contributed by atoms with Gasteiger partial charge in [0.2, 0.25) is 0 Å². The lowest BCUT2D eigenvalue weighted by atomic mass is 9.83. The van der Waals surface area contributed by atoms with Crippen LogP contribution in [-0.4, -0.2) is 18.3 Å². The van der Waals surface area contributed by atoms with E-state index in [0.717, 1.165) is 57.3 Å². The zero-order valence-corrected chi connectivity index (χ0v) is 23.3. The highest BCUT2D eigenvalue weighted by molar-refractivity contribution is 7.07. The number of rotatable bonds is 5. The van der Waals surface area contributed by atoms with Gasteiger partial charge in [0.25, 0.3) is 5.56 Å². The minimum atomic E-state index is -0.322. The van der Waals surface area contributed by atoms with Gasteiger partial charge in [0, 0.05) is 16.7 Å². The van der Waals surface area contributed by atoms with Crippen molar-refractivity contribution in [3.05, 3.63) is 132 Å². The van der Waals surface area contributed by atoms with Crippen LogP contribution in [0.25, 0.3) is 22.5 Å². The predicted octanol–water partition coefficient (Wildman–Crippen LogP) is 5.49. The summed E-state index contributed by atoms with van der Waals surface area (Å²) < 4.78 is 14.2. The van der Waals surface area contributed by atoms with E-state index < -0.39 is 0 Å². The van der Waals surface area contributed by atoms with E-state index in [2.05, 4.69) is 30.2 Å². The van der Waals surface area contributed by atoms with E-state index in [-0.39, 0.29) is 18.2 Å². The molecule has 0 unspecified atom stereocenters. The van der Waals surface area contributed by atoms with Crippen molar-refractivity contribution in [2.75, 3.05) is 13.7 Å². The largest absolute Gasteiger partial charge is 0.496 e. The van der Waals surface area contributed by atoms with E-state index in [4.69, 9.17) is 20.9 Å². The Balaban J connectivity index is 1.52. The predicted molar refractivity (Wildman–Crippen MR) is 164 cm³/mol. The third kappa shape index (κ3) is 4.18. The van der Waals surface area contributed by atoms with Gasteiger partial charge in [-0.05, 0) is 53.0 Å². The van der Waals surface area contributed by atoms with E-state index >= 15 is 0 Å². The van der Waals surface area contributed by atoms with Gasteiger partial charge in [-0.25, -0.2) is 4.99 Å². The molecule has 2 heterocycles. The second kappa shape index (κ2) is 10.3. The second-order valence-corrected chi connectivity index (χ2v) is 11.1. The number of fused-ring (bicyclic) bond motifs is 4. The lowest BCUT2D eigenvalue weighted by molar-refractivity contribution is 0.370. The minimum absolute atomic E-state index is 0.0918. The van der Waals surface area contributed by atoms with Gasteiger partial charge >= 0.3 is 0 Å². The molecule has 5 nitrogen and oxygen atoms in total. The van der Waals surface area contributed by atoms with Crippen LogP contribution >= 0.6 is 11.3 Å². The van der Waals surface area contributed by atoms with Gasteiger partial charge in [-0.2, -0.15) is 0 Å². The quantitative estimate of drug-likeness (QED) is 0.270. The molecule has 5 aromatic rings. The van der Waals surface area contributed by atoms with E-state index in [1.165, 1.54) is 16.9 Å². The number of thiazole rings is 1. The molecule has 0 spiro atoms. The number of methoxy groups -OCH3 is 1. The van der Waals surface area contributed by atoms with Gasteiger partial charge in [-0.15, -0.1) is 6.42 Å². The van der Waals surface area contributed by atoms with E-state index in [9.17, 15) is 4.79 Å². The summed E-state index contributed by atoms with van der Waals surface area (Å²) in [6.45, 7) is 0.139. The summed E-state index contributed by atoms with van der Waals surface area (Å²) >= 11 is 1.40. The Morgan fingerprint density at radius 1 is 1.00 bits per heavy atom. The number of hydrogen-bond acceptors (Lipinski definition) is 5. The Bertz CT molecular complexity index is 2090. The number of benzene rings is 4. The van der Waals surface area contributed by atoms with Crippen LogP contribution in [-0.2, 0) is 6.42 Å². The molecule has 1 aromatic heterocycles. The number of aromatic nitrogens is 1. The fourth-order valence-corrected chi connectivity index (χ4v) is 6.97. The standard InChI is InChI=1S/C35H26N2O3S/c1-3-20-40-30-19-17-22-10-4-6-12-24(22)28(30)21-31-34(38)37-33(26-14-8-9-15-29(26)39-2)27-18-16-23-11-5-7-13-25(23)32(27)36-35(37)41-31/h1,4-15,17,19,21,33H,16,18,20H2,2H3/b31-21-/t33-/m0/s1. The Morgan fingerprint density at radius 2 is 1.80 bits per heavy atom. The maximum absolute atomic E-state index is 14.3. The van der Waals surface area contributed by atoms with Crippen LogP contribution in [0, 0.1) is 12.3 Å². The first kappa shape index (κ1) is 25.1. The van der Waals surface area contributed by atoms with Gasteiger partial charge in [0.05, 0.1) is 23.4 Å². The molecule has 200 valence electrons. The highest BCUT2D eigenvalue weighted by Crippen LogP contribution is 2.43. The maximum atomic E-state index is 14.3. The van der Waals surface area contributed by atoms with Crippen LogP contribution < -0.4 is 24.4 Å². The summed E-state index contributed by atoms with van der Waals surface area (Å²) in [5.74, 6) is 3.94. The Kier molecular flexibility index (Phi) is 6.30. The summed E-state index contributed by atoms with van der Waals surface area (Å²) in [5, 5.41) is 2.04. The molecule has 4 aromatic carbocycles. The molecule has 0 fully saturated rings. The molecule has 1 aliphatic carbocycles. The number of para-hydroxylation sites is 1. The molecule has 0 amide bonds. The molecule has 0 saturated carbocycles. The van der Waals surface area contributed by atoms with Crippen molar-refractivity contribution in [2.45, 2.75) is 18.9 Å². The van der Waals surface area contributed by atoms with Gasteiger partial charge in [-0.1, -0.05) is 90.1 Å². The summed E-state index contributed by atoms with van der Waals surface area (Å²) in [5.41, 5.74) is 6.18. The first-order valence-corrected chi connectivity index (χ1v) is 14.3. The van der Waals surface area contributed by atoms with Crippen molar-refractivity contribution in [2.24, 2.45) is 4.99 Å². The maximum Gasteiger partial charge on any atom is 0.271 e. The summed E-state index contributed by atoms with van der Waals surface area (Å²) in [6.07, 6.45) is 9.14. The van der Waals surface area contributed by atoms with E-state index in [1.807, 2.05) is 71.3 Å². The number of nitrogens with zero attached hydrogens (tertiary/aromatic N) is 2. The van der Waals surface area contributed by atoms with E-state index in [1.54, 1.807) is 7.11 Å². The topological polar surface area (TPSA) is 52.8 Å². The van der Waals surface area contributed by atoms with E-state index in [0.29, 0.717) is 15.1 Å². The van der Waals surface area contributed by atoms with Gasteiger partial charge in [0.1, 0.15) is 18.1 Å². The SMILES string of the molecule is C#CCOc1ccc2ccccc2c1/C=c1\sc2n(c1=O)[C@@H](c1ccccc1OC)C1=C(N=2)c2ccccc2CC1.